The zero-order valence-electron chi connectivity index (χ0n) is 17.5. The summed E-state index contributed by atoms with van der Waals surface area (Å²) < 4.78 is 5.66. The van der Waals surface area contributed by atoms with Gasteiger partial charge < -0.3 is 20.3 Å². The van der Waals surface area contributed by atoms with Crippen LogP contribution in [0.1, 0.15) is 38.3 Å². The largest absolute Gasteiger partial charge is 0.491 e. The lowest BCUT2D eigenvalue weighted by Gasteiger charge is -2.15. The predicted octanol–water partition coefficient (Wildman–Crippen LogP) is 3.76. The Kier molecular flexibility index (Phi) is 8.11. The minimum Gasteiger partial charge on any atom is -0.491 e. The SMILES string of the molecule is CC(CCc1ccc(OC(C)C)cc1)NC(=O)NCc1ccc(N(C)C)nc1. The first-order valence-electron chi connectivity index (χ1n) is 9.75. The number of aryl methyl sites for hydroxylation is 1. The summed E-state index contributed by atoms with van der Waals surface area (Å²) in [5, 5.41) is 5.87. The molecule has 0 bridgehead atoms. The van der Waals surface area contributed by atoms with Crippen LogP contribution in [0, 0.1) is 0 Å². The number of benzene rings is 1. The fourth-order valence-corrected chi connectivity index (χ4v) is 2.71. The monoisotopic (exact) mass is 384 g/mol. The highest BCUT2D eigenvalue weighted by Crippen LogP contribution is 2.15. The molecular formula is C22H32N4O2. The summed E-state index contributed by atoms with van der Waals surface area (Å²) in [4.78, 5) is 18.4. The molecule has 152 valence electrons. The number of carbonyl (C=O) groups is 1. The molecule has 6 heteroatoms. The summed E-state index contributed by atoms with van der Waals surface area (Å²) >= 11 is 0. The molecule has 2 N–H and O–H groups in total. The molecule has 1 unspecified atom stereocenters. The number of aromatic nitrogens is 1. The zero-order chi connectivity index (χ0) is 20.5. The minimum absolute atomic E-state index is 0.0841. The van der Waals surface area contributed by atoms with Crippen LogP contribution in [-0.4, -0.2) is 37.3 Å². The van der Waals surface area contributed by atoms with Crippen LogP contribution in [0.25, 0.3) is 0 Å². The van der Waals surface area contributed by atoms with Gasteiger partial charge in [-0.2, -0.15) is 0 Å². The fourth-order valence-electron chi connectivity index (χ4n) is 2.71. The van der Waals surface area contributed by atoms with Gasteiger partial charge in [0.05, 0.1) is 6.10 Å². The molecule has 6 nitrogen and oxygen atoms in total. The third kappa shape index (κ3) is 7.47. The van der Waals surface area contributed by atoms with Crippen LogP contribution < -0.4 is 20.3 Å². The van der Waals surface area contributed by atoms with Crippen molar-refractivity contribution in [2.45, 2.75) is 52.3 Å². The predicted molar refractivity (Wildman–Crippen MR) is 114 cm³/mol. The summed E-state index contributed by atoms with van der Waals surface area (Å²) in [6.45, 7) is 6.50. The zero-order valence-corrected chi connectivity index (χ0v) is 17.5. The lowest BCUT2D eigenvalue weighted by Crippen LogP contribution is -2.40. The highest BCUT2D eigenvalue weighted by atomic mass is 16.5. The van der Waals surface area contributed by atoms with E-state index in [1.807, 2.05) is 64.0 Å². The summed E-state index contributed by atoms with van der Waals surface area (Å²) in [6, 6.07) is 12.0. The molecule has 28 heavy (non-hydrogen) atoms. The number of amides is 2. The Morgan fingerprint density at radius 1 is 1.07 bits per heavy atom. The normalized spacial score (nSPS) is 11.8. The average molecular weight is 385 g/mol. The van der Waals surface area contributed by atoms with Gasteiger partial charge in [0, 0.05) is 32.9 Å². The highest BCUT2D eigenvalue weighted by Gasteiger charge is 2.08. The first-order chi connectivity index (χ1) is 13.3. The summed E-state index contributed by atoms with van der Waals surface area (Å²) in [6.07, 6.45) is 3.73. The van der Waals surface area contributed by atoms with Crippen molar-refractivity contribution in [3.05, 3.63) is 53.7 Å². The van der Waals surface area contributed by atoms with E-state index in [9.17, 15) is 4.79 Å². The van der Waals surface area contributed by atoms with Gasteiger partial charge in [-0.15, -0.1) is 0 Å². The lowest BCUT2D eigenvalue weighted by molar-refractivity contribution is 0.237. The number of carbonyl (C=O) groups excluding carboxylic acids is 1. The number of pyridine rings is 1. The van der Waals surface area contributed by atoms with Crippen molar-refractivity contribution in [1.82, 2.24) is 15.6 Å². The van der Waals surface area contributed by atoms with Gasteiger partial charge in [0.2, 0.25) is 0 Å². The lowest BCUT2D eigenvalue weighted by atomic mass is 10.1. The number of anilines is 1. The Hall–Kier alpha value is -2.76. The van der Waals surface area contributed by atoms with E-state index in [1.54, 1.807) is 6.20 Å². The second kappa shape index (κ2) is 10.5. The van der Waals surface area contributed by atoms with Gasteiger partial charge in [0.15, 0.2) is 0 Å². The number of ether oxygens (including phenoxy) is 1. The smallest absolute Gasteiger partial charge is 0.315 e. The first-order valence-corrected chi connectivity index (χ1v) is 9.75. The van der Waals surface area contributed by atoms with Crippen molar-refractivity contribution >= 4 is 11.8 Å². The summed E-state index contributed by atoms with van der Waals surface area (Å²) in [5.41, 5.74) is 2.20. The van der Waals surface area contributed by atoms with Crippen LogP contribution in [0.4, 0.5) is 10.6 Å². The molecule has 0 saturated heterocycles. The molecule has 0 radical (unpaired) electrons. The number of hydrogen-bond donors (Lipinski definition) is 2. The van der Waals surface area contributed by atoms with E-state index in [-0.39, 0.29) is 18.2 Å². The second-order valence-electron chi connectivity index (χ2n) is 7.50. The molecule has 0 aliphatic rings. The Balaban J connectivity index is 1.70. The summed E-state index contributed by atoms with van der Waals surface area (Å²) in [7, 11) is 3.89. The van der Waals surface area contributed by atoms with Crippen LogP contribution >= 0.6 is 0 Å². The van der Waals surface area contributed by atoms with E-state index < -0.39 is 0 Å². The van der Waals surface area contributed by atoms with Crippen molar-refractivity contribution in [1.29, 1.82) is 0 Å². The molecule has 1 atom stereocenters. The maximum absolute atomic E-state index is 12.1. The molecule has 0 saturated carbocycles. The molecule has 0 spiro atoms. The average Bonchev–Trinajstić information content (AvgIpc) is 2.65. The Bertz CT molecular complexity index is 727. The van der Waals surface area contributed by atoms with Gasteiger partial charge in [-0.3, -0.25) is 0 Å². The molecule has 1 aromatic heterocycles. The Morgan fingerprint density at radius 3 is 2.32 bits per heavy atom. The molecular weight excluding hydrogens is 352 g/mol. The number of hydrogen-bond acceptors (Lipinski definition) is 4. The fraction of sp³-hybridized carbons (Fsp3) is 0.455. The van der Waals surface area contributed by atoms with E-state index >= 15 is 0 Å². The highest BCUT2D eigenvalue weighted by molar-refractivity contribution is 5.74. The molecule has 0 aliphatic heterocycles. The molecule has 0 aliphatic carbocycles. The maximum atomic E-state index is 12.1. The number of rotatable bonds is 9. The van der Waals surface area contributed by atoms with Crippen LogP contribution in [0.5, 0.6) is 5.75 Å². The Morgan fingerprint density at radius 2 is 1.75 bits per heavy atom. The van der Waals surface area contributed by atoms with Crippen molar-refractivity contribution in [2.75, 3.05) is 19.0 Å². The van der Waals surface area contributed by atoms with E-state index in [0.29, 0.717) is 6.54 Å². The van der Waals surface area contributed by atoms with Crippen molar-refractivity contribution in [2.24, 2.45) is 0 Å². The van der Waals surface area contributed by atoms with Crippen LogP contribution in [0.3, 0.4) is 0 Å². The molecule has 1 heterocycles. The second-order valence-corrected chi connectivity index (χ2v) is 7.50. The summed E-state index contributed by atoms with van der Waals surface area (Å²) in [5.74, 6) is 1.78. The minimum atomic E-state index is -0.162. The number of urea groups is 1. The third-order valence-corrected chi connectivity index (χ3v) is 4.26. The van der Waals surface area contributed by atoms with Gasteiger partial charge in [0.25, 0.3) is 0 Å². The maximum Gasteiger partial charge on any atom is 0.315 e. The molecule has 1 aromatic carbocycles. The van der Waals surface area contributed by atoms with E-state index in [0.717, 1.165) is 30.0 Å². The standard InChI is InChI=1S/C22H32N4O2/c1-16(2)28-20-11-8-18(9-12-20)7-6-17(3)25-22(27)24-15-19-10-13-21(23-14-19)26(4)5/h8-14,16-17H,6-7,15H2,1-5H3,(H2,24,25,27). The molecule has 0 fully saturated rings. The quantitative estimate of drug-likeness (QED) is 0.691. The van der Waals surface area contributed by atoms with Gasteiger partial charge in [-0.1, -0.05) is 18.2 Å². The van der Waals surface area contributed by atoms with Gasteiger partial charge in [0.1, 0.15) is 11.6 Å². The van der Waals surface area contributed by atoms with Crippen LogP contribution in [0.15, 0.2) is 42.6 Å². The molecule has 2 amide bonds. The molecule has 2 rings (SSSR count). The van der Waals surface area contributed by atoms with E-state index in [2.05, 4.69) is 27.8 Å². The van der Waals surface area contributed by atoms with Gasteiger partial charge in [-0.05, 0) is 62.9 Å². The van der Waals surface area contributed by atoms with Crippen molar-refractivity contribution < 1.29 is 9.53 Å². The van der Waals surface area contributed by atoms with Crippen molar-refractivity contribution in [3.63, 3.8) is 0 Å². The number of nitrogens with one attached hydrogen (secondary N) is 2. The van der Waals surface area contributed by atoms with Crippen LogP contribution in [0.2, 0.25) is 0 Å². The van der Waals surface area contributed by atoms with Gasteiger partial charge in [-0.25, -0.2) is 9.78 Å². The Labute approximate surface area is 168 Å². The van der Waals surface area contributed by atoms with Crippen LogP contribution in [-0.2, 0) is 13.0 Å². The van der Waals surface area contributed by atoms with Gasteiger partial charge >= 0.3 is 6.03 Å². The molecule has 2 aromatic rings. The first kappa shape index (κ1) is 21.5. The third-order valence-electron chi connectivity index (χ3n) is 4.26. The van der Waals surface area contributed by atoms with Crippen molar-refractivity contribution in [3.8, 4) is 5.75 Å². The van der Waals surface area contributed by atoms with E-state index in [4.69, 9.17) is 4.74 Å². The van der Waals surface area contributed by atoms with E-state index in [1.165, 1.54) is 5.56 Å². The number of nitrogens with zero attached hydrogens (tertiary/aromatic N) is 2. The topological polar surface area (TPSA) is 66.5 Å².